The molecule has 1 aromatic heterocycles. The van der Waals surface area contributed by atoms with E-state index < -0.39 is 8.25 Å². The molecule has 0 aliphatic carbocycles. The van der Waals surface area contributed by atoms with Crippen LogP contribution in [0, 0.1) is 0 Å². The van der Waals surface area contributed by atoms with Gasteiger partial charge < -0.3 is 24.8 Å². The fraction of sp³-hybridized carbons (Fsp3) is 0. The van der Waals surface area contributed by atoms with Crippen LogP contribution in [0.15, 0.2) is 18.7 Å². The van der Waals surface area contributed by atoms with E-state index in [0.717, 1.165) is 0 Å². The molecule has 0 aliphatic rings. The minimum Gasteiger partial charge on any atom is -0.813 e. The van der Waals surface area contributed by atoms with Gasteiger partial charge in [-0.2, -0.15) is 0 Å². The van der Waals surface area contributed by atoms with E-state index in [0.29, 0.717) is 0 Å². The van der Waals surface area contributed by atoms with Gasteiger partial charge >= 0.3 is 37.7 Å². The molecule has 0 saturated carbocycles. The van der Waals surface area contributed by atoms with Gasteiger partial charge in [0.25, 0.3) is 0 Å². The second-order valence-corrected chi connectivity index (χ2v) is 1.51. The van der Waals surface area contributed by atoms with Gasteiger partial charge in [-0.05, 0) is 0 Å². The number of H-pyrrole nitrogens is 1. The summed E-state index contributed by atoms with van der Waals surface area (Å²) in [5, 5.41) is 0. The van der Waals surface area contributed by atoms with Crippen LogP contribution in [0.4, 0.5) is 0 Å². The third-order valence-corrected chi connectivity index (χ3v) is 0.406. The summed E-state index contributed by atoms with van der Waals surface area (Å²) in [5.74, 6) is 0. The van der Waals surface area contributed by atoms with E-state index in [9.17, 15) is 0 Å². The molecular formula is C3H7CaN2O4P. The van der Waals surface area contributed by atoms with Gasteiger partial charge in [-0.15, -0.1) is 0 Å². The molecule has 0 bridgehead atoms. The van der Waals surface area contributed by atoms with E-state index in [-0.39, 0.29) is 43.2 Å². The Morgan fingerprint density at radius 3 is 2.00 bits per heavy atom. The average Bonchev–Trinajstić information content (AvgIpc) is 2.11. The summed E-state index contributed by atoms with van der Waals surface area (Å²) in [6.45, 7) is 0. The molecule has 1 aromatic rings. The van der Waals surface area contributed by atoms with Crippen molar-refractivity contribution in [3.63, 3.8) is 0 Å². The van der Waals surface area contributed by atoms with Gasteiger partial charge in [0.2, 0.25) is 0 Å². The Kier molecular flexibility index (Phi) is 21.1. The van der Waals surface area contributed by atoms with Crippen LogP contribution in [0.25, 0.3) is 0 Å². The molecule has 60 valence electrons. The second kappa shape index (κ2) is 13.2. The molecule has 0 saturated heterocycles. The monoisotopic (exact) mass is 206 g/mol. The van der Waals surface area contributed by atoms with Gasteiger partial charge in [-0.3, -0.25) is 0 Å². The molecule has 1 heterocycles. The Balaban J connectivity index is -0.000000101. The van der Waals surface area contributed by atoms with Gasteiger partial charge in [-0.1, -0.05) is 8.25 Å². The standard InChI is InChI=1S/C3H4N2.Ca.H3O3P.H2O/c1-2-5-3-4-1;;1-4(2)3;/h1-3H,(H,4,5);;4H,(H2,1,2,3);1H2/q;+2;;/p-2. The minimum atomic E-state index is -3.63. The number of aromatic nitrogens is 2. The van der Waals surface area contributed by atoms with Gasteiger partial charge in [-0.25, -0.2) is 4.98 Å². The van der Waals surface area contributed by atoms with Crippen molar-refractivity contribution < 1.29 is 19.8 Å². The predicted octanol–water partition coefficient (Wildman–Crippen LogP) is -2.70. The molecule has 11 heavy (non-hydrogen) atoms. The Bertz CT molecular complexity index is 137. The summed E-state index contributed by atoms with van der Waals surface area (Å²) in [7, 11) is -3.63. The number of rotatable bonds is 0. The number of hydrogen-bond donors (Lipinski definition) is 1. The first kappa shape index (κ1) is 17.6. The second-order valence-electron chi connectivity index (χ2n) is 1.01. The topological polar surface area (TPSA) is 123 Å². The third-order valence-electron chi connectivity index (χ3n) is 0.406. The maximum atomic E-state index is 8.52. The Labute approximate surface area is 93.9 Å². The molecular weight excluding hydrogens is 199 g/mol. The minimum absolute atomic E-state index is 0. The van der Waals surface area contributed by atoms with Crippen LogP contribution in [-0.4, -0.2) is 53.2 Å². The van der Waals surface area contributed by atoms with Crippen molar-refractivity contribution in [2.45, 2.75) is 0 Å². The number of aromatic amines is 1. The average molecular weight is 206 g/mol. The summed E-state index contributed by atoms with van der Waals surface area (Å²) in [4.78, 5) is 23.5. The van der Waals surface area contributed by atoms with E-state index in [1.807, 2.05) is 0 Å². The Morgan fingerprint density at radius 1 is 1.45 bits per heavy atom. The molecule has 0 aromatic carbocycles. The van der Waals surface area contributed by atoms with E-state index in [1.54, 1.807) is 18.7 Å². The SMILES string of the molecule is O.O=[PH]([O-])[O-].[Ca+2].c1c[nH]cn1. The van der Waals surface area contributed by atoms with E-state index in [1.165, 1.54) is 0 Å². The van der Waals surface area contributed by atoms with E-state index >= 15 is 0 Å². The molecule has 0 atom stereocenters. The smallest absolute Gasteiger partial charge is 0.813 e. The van der Waals surface area contributed by atoms with Crippen LogP contribution >= 0.6 is 8.25 Å². The van der Waals surface area contributed by atoms with Crippen LogP contribution in [0.3, 0.4) is 0 Å². The first-order chi connectivity index (χ1) is 4.23. The summed E-state index contributed by atoms with van der Waals surface area (Å²) in [6.07, 6.45) is 5.08. The van der Waals surface area contributed by atoms with Gasteiger partial charge in [0.15, 0.2) is 0 Å². The summed E-state index contributed by atoms with van der Waals surface area (Å²) in [5.41, 5.74) is 0. The van der Waals surface area contributed by atoms with Crippen LogP contribution in [0.1, 0.15) is 0 Å². The summed E-state index contributed by atoms with van der Waals surface area (Å²) in [6, 6.07) is 0. The largest absolute Gasteiger partial charge is 2.00 e. The van der Waals surface area contributed by atoms with Crippen molar-refractivity contribution in [3.8, 4) is 0 Å². The van der Waals surface area contributed by atoms with Crippen molar-refractivity contribution in [1.29, 1.82) is 0 Å². The first-order valence-electron chi connectivity index (χ1n) is 2.04. The third kappa shape index (κ3) is 25.0. The summed E-state index contributed by atoms with van der Waals surface area (Å²) < 4.78 is 8.52. The normalized spacial score (nSPS) is 6.82. The number of nitrogens with zero attached hydrogens (tertiary/aromatic N) is 1. The molecule has 3 N–H and O–H groups in total. The Morgan fingerprint density at radius 2 is 1.91 bits per heavy atom. The zero-order valence-corrected chi connectivity index (χ0v) is 8.82. The molecule has 6 nitrogen and oxygen atoms in total. The molecule has 8 heteroatoms. The van der Waals surface area contributed by atoms with Crippen LogP contribution in [0.5, 0.6) is 0 Å². The van der Waals surface area contributed by atoms with Crippen LogP contribution in [0.2, 0.25) is 0 Å². The molecule has 0 radical (unpaired) electrons. The zero-order valence-electron chi connectivity index (χ0n) is 5.61. The van der Waals surface area contributed by atoms with Gasteiger partial charge in [0.1, 0.15) is 0 Å². The quantitative estimate of drug-likeness (QED) is 0.366. The first-order valence-corrected chi connectivity index (χ1v) is 3.26. The number of imidazole rings is 1. The van der Waals surface area contributed by atoms with Crippen molar-refractivity contribution in [3.05, 3.63) is 18.7 Å². The van der Waals surface area contributed by atoms with Crippen molar-refractivity contribution in [1.82, 2.24) is 9.97 Å². The molecule has 0 amide bonds. The number of nitrogens with one attached hydrogen (secondary N) is 1. The fourth-order valence-corrected chi connectivity index (χ4v) is 0.215. The molecule has 1 rings (SSSR count). The predicted molar refractivity (Wildman–Crippen MR) is 37.0 cm³/mol. The molecule has 0 aliphatic heterocycles. The van der Waals surface area contributed by atoms with Crippen LogP contribution in [-0.2, 0) is 4.57 Å². The zero-order chi connectivity index (χ0) is 7.11. The molecule has 0 unspecified atom stereocenters. The maximum Gasteiger partial charge on any atom is 2.00 e. The van der Waals surface area contributed by atoms with Gasteiger partial charge in [0.05, 0.1) is 6.33 Å². The molecule has 0 spiro atoms. The van der Waals surface area contributed by atoms with Crippen molar-refractivity contribution >= 4 is 46.0 Å². The van der Waals surface area contributed by atoms with Crippen LogP contribution < -0.4 is 9.79 Å². The van der Waals surface area contributed by atoms with Gasteiger partial charge in [0, 0.05) is 12.4 Å². The van der Waals surface area contributed by atoms with E-state index in [2.05, 4.69) is 9.97 Å². The number of hydrogen-bond acceptors (Lipinski definition) is 4. The van der Waals surface area contributed by atoms with Crippen molar-refractivity contribution in [2.75, 3.05) is 0 Å². The van der Waals surface area contributed by atoms with Crippen molar-refractivity contribution in [2.24, 2.45) is 0 Å². The Hall–Kier alpha value is 0.580. The fourth-order valence-electron chi connectivity index (χ4n) is 0.215. The van der Waals surface area contributed by atoms with E-state index in [4.69, 9.17) is 14.4 Å². The molecule has 0 fully saturated rings. The summed E-state index contributed by atoms with van der Waals surface area (Å²) >= 11 is 0. The maximum absolute atomic E-state index is 8.52.